The summed E-state index contributed by atoms with van der Waals surface area (Å²) in [5, 5.41) is 7.85. The molecule has 7 heteroatoms. The zero-order valence-corrected chi connectivity index (χ0v) is 18.6. The SMILES string of the molecule is CCNC(=NCC1(OC)CCOCC1)NC(C)c1cc2ccccc2o1.I. The molecule has 1 atom stereocenters. The molecule has 1 unspecified atom stereocenters. The first kappa shape index (κ1) is 22.0. The lowest BCUT2D eigenvalue weighted by atomic mass is 9.94. The lowest BCUT2D eigenvalue weighted by Gasteiger charge is -2.34. The molecule has 0 bridgehead atoms. The summed E-state index contributed by atoms with van der Waals surface area (Å²) in [6.07, 6.45) is 1.73. The van der Waals surface area contributed by atoms with Gasteiger partial charge in [0.2, 0.25) is 0 Å². The van der Waals surface area contributed by atoms with Crippen molar-refractivity contribution in [2.24, 2.45) is 4.99 Å². The van der Waals surface area contributed by atoms with E-state index in [0.29, 0.717) is 6.54 Å². The summed E-state index contributed by atoms with van der Waals surface area (Å²) in [4.78, 5) is 4.77. The molecule has 150 valence electrons. The number of halogens is 1. The molecule has 2 N–H and O–H groups in total. The lowest BCUT2D eigenvalue weighted by molar-refractivity contribution is -0.0828. The first-order chi connectivity index (χ1) is 12.7. The molecular formula is C20H30IN3O3. The topological polar surface area (TPSA) is 68.0 Å². The molecule has 1 aliphatic rings. The highest BCUT2D eigenvalue weighted by Gasteiger charge is 2.32. The molecule has 1 saturated heterocycles. The van der Waals surface area contributed by atoms with Gasteiger partial charge in [0.05, 0.1) is 18.2 Å². The van der Waals surface area contributed by atoms with Crippen molar-refractivity contribution in [2.45, 2.75) is 38.3 Å². The molecule has 0 amide bonds. The fourth-order valence-corrected chi connectivity index (χ4v) is 3.21. The van der Waals surface area contributed by atoms with Gasteiger partial charge in [-0.2, -0.15) is 0 Å². The van der Waals surface area contributed by atoms with Gasteiger partial charge >= 0.3 is 0 Å². The van der Waals surface area contributed by atoms with E-state index in [2.05, 4.69) is 36.6 Å². The number of para-hydroxylation sites is 1. The average Bonchev–Trinajstić information content (AvgIpc) is 3.11. The van der Waals surface area contributed by atoms with Gasteiger partial charge in [0.15, 0.2) is 5.96 Å². The van der Waals surface area contributed by atoms with Crippen molar-refractivity contribution in [2.75, 3.05) is 33.4 Å². The van der Waals surface area contributed by atoms with E-state index in [9.17, 15) is 0 Å². The van der Waals surface area contributed by atoms with Crippen molar-refractivity contribution >= 4 is 40.9 Å². The van der Waals surface area contributed by atoms with Crippen LogP contribution in [-0.2, 0) is 9.47 Å². The second-order valence-corrected chi connectivity index (χ2v) is 6.75. The normalized spacial score (nSPS) is 18.0. The molecule has 27 heavy (non-hydrogen) atoms. The Labute approximate surface area is 178 Å². The summed E-state index contributed by atoms with van der Waals surface area (Å²) in [5.41, 5.74) is 0.669. The second kappa shape index (κ2) is 10.3. The van der Waals surface area contributed by atoms with E-state index in [4.69, 9.17) is 18.9 Å². The minimum atomic E-state index is -0.233. The Kier molecular flexibility index (Phi) is 8.37. The number of ether oxygens (including phenoxy) is 2. The number of nitrogens with one attached hydrogen (secondary N) is 2. The van der Waals surface area contributed by atoms with Crippen LogP contribution in [-0.4, -0.2) is 45.0 Å². The Balaban J connectivity index is 0.00000261. The highest BCUT2D eigenvalue weighted by molar-refractivity contribution is 14.0. The Morgan fingerprint density at radius 3 is 2.70 bits per heavy atom. The first-order valence-corrected chi connectivity index (χ1v) is 9.32. The Hall–Kier alpha value is -1.32. The van der Waals surface area contributed by atoms with Gasteiger partial charge < -0.3 is 24.5 Å². The first-order valence-electron chi connectivity index (χ1n) is 9.32. The summed E-state index contributed by atoms with van der Waals surface area (Å²) in [6.45, 7) is 6.98. The predicted octanol–water partition coefficient (Wildman–Crippen LogP) is 3.86. The number of guanidine groups is 1. The summed E-state index contributed by atoms with van der Waals surface area (Å²) in [7, 11) is 1.76. The lowest BCUT2D eigenvalue weighted by Crippen LogP contribution is -2.44. The van der Waals surface area contributed by atoms with Crippen LogP contribution in [0.2, 0.25) is 0 Å². The van der Waals surface area contributed by atoms with Gasteiger partial charge in [0, 0.05) is 45.1 Å². The van der Waals surface area contributed by atoms with Crippen molar-refractivity contribution in [1.82, 2.24) is 10.6 Å². The second-order valence-electron chi connectivity index (χ2n) is 6.75. The minimum absolute atomic E-state index is 0. The molecule has 1 aromatic heterocycles. The molecule has 6 nitrogen and oxygen atoms in total. The van der Waals surface area contributed by atoms with E-state index in [1.165, 1.54) is 0 Å². The number of benzene rings is 1. The molecule has 2 aromatic rings. The van der Waals surface area contributed by atoms with Gasteiger partial charge in [-0.25, -0.2) is 0 Å². The molecule has 0 saturated carbocycles. The van der Waals surface area contributed by atoms with Crippen molar-refractivity contribution in [3.8, 4) is 0 Å². The minimum Gasteiger partial charge on any atom is -0.459 e. The molecule has 3 rings (SSSR count). The van der Waals surface area contributed by atoms with Gasteiger partial charge in [-0.1, -0.05) is 18.2 Å². The van der Waals surface area contributed by atoms with E-state index < -0.39 is 0 Å². The van der Waals surface area contributed by atoms with Crippen LogP contribution in [0.25, 0.3) is 11.0 Å². The third kappa shape index (κ3) is 5.58. The van der Waals surface area contributed by atoms with E-state index in [1.54, 1.807) is 7.11 Å². The largest absolute Gasteiger partial charge is 0.459 e. The number of fused-ring (bicyclic) bond motifs is 1. The Morgan fingerprint density at radius 2 is 2.04 bits per heavy atom. The van der Waals surface area contributed by atoms with E-state index in [1.807, 2.05) is 18.2 Å². The van der Waals surface area contributed by atoms with Gasteiger partial charge in [-0.05, 0) is 26.0 Å². The molecule has 2 heterocycles. The molecule has 1 aliphatic heterocycles. The van der Waals surface area contributed by atoms with Gasteiger partial charge in [0.25, 0.3) is 0 Å². The fourth-order valence-electron chi connectivity index (χ4n) is 3.21. The number of aliphatic imine (C=N–C) groups is 1. The van der Waals surface area contributed by atoms with Crippen LogP contribution in [0.4, 0.5) is 0 Å². The van der Waals surface area contributed by atoms with Crippen LogP contribution >= 0.6 is 24.0 Å². The van der Waals surface area contributed by atoms with Crippen molar-refractivity contribution in [3.63, 3.8) is 0 Å². The number of hydrogen-bond acceptors (Lipinski definition) is 4. The third-order valence-corrected chi connectivity index (χ3v) is 4.93. The zero-order chi connectivity index (χ0) is 18.4. The highest BCUT2D eigenvalue weighted by atomic mass is 127. The van der Waals surface area contributed by atoms with Crippen LogP contribution in [0.1, 0.15) is 38.5 Å². The summed E-state index contributed by atoms with van der Waals surface area (Å²) in [6, 6.07) is 10.1. The maximum absolute atomic E-state index is 5.96. The number of furan rings is 1. The van der Waals surface area contributed by atoms with Crippen LogP contribution in [0.15, 0.2) is 39.7 Å². The molecule has 0 spiro atoms. The van der Waals surface area contributed by atoms with Crippen molar-refractivity contribution in [1.29, 1.82) is 0 Å². The van der Waals surface area contributed by atoms with Crippen LogP contribution in [0, 0.1) is 0 Å². The summed E-state index contributed by atoms with van der Waals surface area (Å²) < 4.78 is 17.2. The molecule has 1 fully saturated rings. The van der Waals surface area contributed by atoms with Crippen molar-refractivity contribution in [3.05, 3.63) is 36.1 Å². The van der Waals surface area contributed by atoms with Gasteiger partial charge in [0.1, 0.15) is 11.3 Å². The fraction of sp³-hybridized carbons (Fsp3) is 0.550. The summed E-state index contributed by atoms with van der Waals surface area (Å²) >= 11 is 0. The van der Waals surface area contributed by atoms with Crippen LogP contribution < -0.4 is 10.6 Å². The highest BCUT2D eigenvalue weighted by Crippen LogP contribution is 2.25. The maximum atomic E-state index is 5.96. The smallest absolute Gasteiger partial charge is 0.191 e. The third-order valence-electron chi connectivity index (χ3n) is 4.93. The Bertz CT molecular complexity index is 708. The number of hydrogen-bond donors (Lipinski definition) is 2. The standard InChI is InChI=1S/C20H29N3O3.HI/c1-4-21-19(22-14-20(24-3)9-11-25-12-10-20)23-15(2)18-13-16-7-5-6-8-17(16)26-18;/h5-8,13,15H,4,9-12,14H2,1-3H3,(H2,21,22,23);1H. The zero-order valence-electron chi connectivity index (χ0n) is 16.3. The predicted molar refractivity (Wildman–Crippen MR) is 119 cm³/mol. The number of methoxy groups -OCH3 is 1. The summed E-state index contributed by atoms with van der Waals surface area (Å²) in [5.74, 6) is 1.66. The number of rotatable bonds is 6. The molecule has 1 aromatic carbocycles. The van der Waals surface area contributed by atoms with Gasteiger partial charge in [-0.15, -0.1) is 24.0 Å². The monoisotopic (exact) mass is 487 g/mol. The molecule has 0 radical (unpaired) electrons. The Morgan fingerprint density at radius 1 is 1.30 bits per heavy atom. The van der Waals surface area contributed by atoms with Gasteiger partial charge in [-0.3, -0.25) is 4.99 Å². The van der Waals surface area contributed by atoms with Crippen LogP contribution in [0.3, 0.4) is 0 Å². The van der Waals surface area contributed by atoms with E-state index in [-0.39, 0.29) is 35.6 Å². The molecular weight excluding hydrogens is 457 g/mol. The maximum Gasteiger partial charge on any atom is 0.191 e. The molecule has 0 aliphatic carbocycles. The van der Waals surface area contributed by atoms with Crippen molar-refractivity contribution < 1.29 is 13.9 Å². The van der Waals surface area contributed by atoms with Crippen LogP contribution in [0.5, 0.6) is 0 Å². The average molecular weight is 487 g/mol. The van der Waals surface area contributed by atoms with E-state index >= 15 is 0 Å². The van der Waals surface area contributed by atoms with E-state index in [0.717, 1.165) is 55.3 Å². The number of nitrogens with zero attached hydrogens (tertiary/aromatic N) is 1. The quantitative estimate of drug-likeness (QED) is 0.368.